The maximum absolute atomic E-state index is 12.8. The monoisotopic (exact) mass is 422 g/mol. The van der Waals surface area contributed by atoms with E-state index in [1.54, 1.807) is 24.1 Å². The highest BCUT2D eigenvalue weighted by atomic mass is 32.2. The summed E-state index contributed by atoms with van der Waals surface area (Å²) in [7, 11) is -1.98. The SMILES string of the molecule is CN(CCCc1ccccc1)C(=O)c1cccc(S(=O)(=O)NCc2ccccc2)c1. The molecule has 5 nitrogen and oxygen atoms in total. The number of rotatable bonds is 9. The van der Waals surface area contributed by atoms with Crippen LogP contribution >= 0.6 is 0 Å². The lowest BCUT2D eigenvalue weighted by Gasteiger charge is -2.17. The number of carbonyl (C=O) groups is 1. The van der Waals surface area contributed by atoms with Crippen molar-refractivity contribution >= 4 is 15.9 Å². The molecule has 0 spiro atoms. The van der Waals surface area contributed by atoms with Gasteiger partial charge in [0.05, 0.1) is 4.90 Å². The number of sulfonamides is 1. The maximum atomic E-state index is 12.8. The molecule has 0 heterocycles. The average Bonchev–Trinajstić information content (AvgIpc) is 2.79. The third-order valence-corrected chi connectivity index (χ3v) is 6.25. The van der Waals surface area contributed by atoms with Gasteiger partial charge in [-0.05, 0) is 42.2 Å². The van der Waals surface area contributed by atoms with Gasteiger partial charge in [0.25, 0.3) is 5.91 Å². The Morgan fingerprint density at radius 1 is 0.867 bits per heavy atom. The second-order valence-electron chi connectivity index (χ2n) is 7.15. The minimum Gasteiger partial charge on any atom is -0.342 e. The van der Waals surface area contributed by atoms with Gasteiger partial charge in [-0.1, -0.05) is 66.7 Å². The van der Waals surface area contributed by atoms with E-state index < -0.39 is 10.0 Å². The first-order chi connectivity index (χ1) is 14.5. The quantitative estimate of drug-likeness (QED) is 0.569. The Labute approximate surface area is 178 Å². The fraction of sp³-hybridized carbons (Fsp3) is 0.208. The van der Waals surface area contributed by atoms with Crippen LogP contribution in [-0.2, 0) is 23.0 Å². The Morgan fingerprint density at radius 2 is 1.50 bits per heavy atom. The molecule has 6 heteroatoms. The number of nitrogens with zero attached hydrogens (tertiary/aromatic N) is 1. The first-order valence-electron chi connectivity index (χ1n) is 9.89. The number of hydrogen-bond donors (Lipinski definition) is 1. The molecule has 3 rings (SSSR count). The fourth-order valence-corrected chi connectivity index (χ4v) is 4.20. The molecule has 0 radical (unpaired) electrons. The van der Waals surface area contributed by atoms with Crippen molar-refractivity contribution in [3.8, 4) is 0 Å². The van der Waals surface area contributed by atoms with E-state index >= 15 is 0 Å². The molecule has 156 valence electrons. The molecule has 0 bridgehead atoms. The van der Waals surface area contributed by atoms with Crippen molar-refractivity contribution in [1.82, 2.24) is 9.62 Å². The summed E-state index contributed by atoms with van der Waals surface area (Å²) < 4.78 is 27.9. The molecule has 1 N–H and O–H groups in total. The van der Waals surface area contributed by atoms with E-state index in [1.807, 2.05) is 48.5 Å². The summed E-state index contributed by atoms with van der Waals surface area (Å²) in [4.78, 5) is 14.5. The van der Waals surface area contributed by atoms with Gasteiger partial charge >= 0.3 is 0 Å². The first kappa shape index (κ1) is 21.7. The van der Waals surface area contributed by atoms with E-state index in [1.165, 1.54) is 17.7 Å². The van der Waals surface area contributed by atoms with E-state index in [0.29, 0.717) is 12.1 Å². The molecule has 0 atom stereocenters. The normalized spacial score (nSPS) is 11.2. The van der Waals surface area contributed by atoms with Crippen LogP contribution in [0.4, 0.5) is 0 Å². The number of hydrogen-bond acceptors (Lipinski definition) is 3. The predicted molar refractivity (Wildman–Crippen MR) is 119 cm³/mol. The van der Waals surface area contributed by atoms with Crippen LogP contribution in [0, 0.1) is 0 Å². The van der Waals surface area contributed by atoms with Crippen LogP contribution in [0.25, 0.3) is 0 Å². The van der Waals surface area contributed by atoms with Gasteiger partial charge in [-0.15, -0.1) is 0 Å². The minimum absolute atomic E-state index is 0.0852. The molecule has 3 aromatic carbocycles. The van der Waals surface area contributed by atoms with Crippen molar-refractivity contribution in [2.24, 2.45) is 0 Å². The molecule has 1 amide bonds. The van der Waals surface area contributed by atoms with Crippen LogP contribution in [0.1, 0.15) is 27.9 Å². The number of carbonyl (C=O) groups excluding carboxylic acids is 1. The molecule has 0 saturated heterocycles. The van der Waals surface area contributed by atoms with E-state index in [-0.39, 0.29) is 17.3 Å². The molecular formula is C24H26N2O3S. The van der Waals surface area contributed by atoms with E-state index in [9.17, 15) is 13.2 Å². The smallest absolute Gasteiger partial charge is 0.253 e. The summed E-state index contributed by atoms with van der Waals surface area (Å²) in [5.74, 6) is -0.192. The van der Waals surface area contributed by atoms with Crippen molar-refractivity contribution < 1.29 is 13.2 Å². The molecule has 3 aromatic rings. The predicted octanol–water partition coefficient (Wildman–Crippen LogP) is 3.87. The van der Waals surface area contributed by atoms with Crippen molar-refractivity contribution in [2.45, 2.75) is 24.3 Å². The summed E-state index contributed by atoms with van der Waals surface area (Å²) in [6.07, 6.45) is 1.72. The summed E-state index contributed by atoms with van der Waals surface area (Å²) >= 11 is 0. The topological polar surface area (TPSA) is 66.5 Å². The Balaban J connectivity index is 1.61. The number of aryl methyl sites for hydroxylation is 1. The Kier molecular flexibility index (Phi) is 7.38. The van der Waals surface area contributed by atoms with Crippen LogP contribution in [-0.4, -0.2) is 32.8 Å². The maximum Gasteiger partial charge on any atom is 0.253 e. The average molecular weight is 423 g/mol. The van der Waals surface area contributed by atoms with E-state index in [0.717, 1.165) is 18.4 Å². The third kappa shape index (κ3) is 6.02. The van der Waals surface area contributed by atoms with E-state index in [4.69, 9.17) is 0 Å². The second kappa shape index (κ2) is 10.2. The molecule has 0 aliphatic carbocycles. The van der Waals surface area contributed by atoms with E-state index in [2.05, 4.69) is 16.9 Å². The summed E-state index contributed by atoms with van der Waals surface area (Å²) in [6, 6.07) is 25.6. The van der Waals surface area contributed by atoms with Crippen LogP contribution in [0.2, 0.25) is 0 Å². The highest BCUT2D eigenvalue weighted by Gasteiger charge is 2.18. The zero-order valence-electron chi connectivity index (χ0n) is 17.0. The second-order valence-corrected chi connectivity index (χ2v) is 8.92. The van der Waals surface area contributed by atoms with Crippen LogP contribution in [0.15, 0.2) is 89.8 Å². The Morgan fingerprint density at radius 3 is 2.17 bits per heavy atom. The standard InChI is InChI=1S/C24H26N2O3S/c1-26(17-9-14-20-10-4-2-5-11-20)24(27)22-15-8-16-23(18-22)30(28,29)25-19-21-12-6-3-7-13-21/h2-8,10-13,15-16,18,25H,9,14,17,19H2,1H3. The fourth-order valence-electron chi connectivity index (χ4n) is 3.14. The van der Waals surface area contributed by atoms with Gasteiger partial charge in [-0.3, -0.25) is 4.79 Å². The molecule has 0 unspecified atom stereocenters. The van der Waals surface area contributed by atoms with Gasteiger partial charge in [-0.2, -0.15) is 0 Å². The van der Waals surface area contributed by atoms with Crippen LogP contribution in [0.5, 0.6) is 0 Å². The van der Waals surface area contributed by atoms with Gasteiger partial charge in [-0.25, -0.2) is 13.1 Å². The summed E-state index contributed by atoms with van der Waals surface area (Å²) in [5.41, 5.74) is 2.46. The van der Waals surface area contributed by atoms with Crippen molar-refractivity contribution in [1.29, 1.82) is 0 Å². The highest BCUT2D eigenvalue weighted by Crippen LogP contribution is 2.14. The molecule has 0 saturated carbocycles. The Bertz CT molecular complexity index is 1070. The largest absolute Gasteiger partial charge is 0.342 e. The molecule has 30 heavy (non-hydrogen) atoms. The third-order valence-electron chi connectivity index (χ3n) is 4.85. The van der Waals surface area contributed by atoms with Gasteiger partial charge in [0.2, 0.25) is 10.0 Å². The van der Waals surface area contributed by atoms with Crippen molar-refractivity contribution in [3.63, 3.8) is 0 Å². The molecular weight excluding hydrogens is 396 g/mol. The van der Waals surface area contributed by atoms with Crippen LogP contribution < -0.4 is 4.72 Å². The van der Waals surface area contributed by atoms with Crippen molar-refractivity contribution in [3.05, 3.63) is 102 Å². The minimum atomic E-state index is -3.71. The van der Waals surface area contributed by atoms with Gasteiger partial charge in [0.1, 0.15) is 0 Å². The Hall–Kier alpha value is -2.96. The highest BCUT2D eigenvalue weighted by molar-refractivity contribution is 7.89. The molecule has 0 aliphatic rings. The number of nitrogens with one attached hydrogen (secondary N) is 1. The lowest BCUT2D eigenvalue weighted by molar-refractivity contribution is 0.0793. The number of amides is 1. The lowest BCUT2D eigenvalue weighted by atomic mass is 10.1. The number of benzene rings is 3. The van der Waals surface area contributed by atoms with Gasteiger partial charge < -0.3 is 4.90 Å². The zero-order valence-corrected chi connectivity index (χ0v) is 17.8. The van der Waals surface area contributed by atoms with Gasteiger partial charge in [0, 0.05) is 25.7 Å². The zero-order chi connectivity index (χ0) is 21.4. The van der Waals surface area contributed by atoms with Gasteiger partial charge in [0.15, 0.2) is 0 Å². The molecule has 0 fully saturated rings. The summed E-state index contributed by atoms with van der Waals surface area (Å²) in [6.45, 7) is 0.789. The first-order valence-corrected chi connectivity index (χ1v) is 11.4. The lowest BCUT2D eigenvalue weighted by Crippen LogP contribution is -2.28. The van der Waals surface area contributed by atoms with Crippen LogP contribution in [0.3, 0.4) is 0 Å². The van der Waals surface area contributed by atoms with Crippen molar-refractivity contribution in [2.75, 3.05) is 13.6 Å². The summed E-state index contributed by atoms with van der Waals surface area (Å²) in [5, 5.41) is 0. The molecule has 0 aliphatic heterocycles. The molecule has 0 aromatic heterocycles.